The zero-order valence-electron chi connectivity index (χ0n) is 16.8. The number of nitrogens with zero attached hydrogens (tertiary/aromatic N) is 4. The van der Waals surface area contributed by atoms with E-state index in [-0.39, 0.29) is 11.7 Å². The molecule has 3 aromatic rings. The predicted octanol–water partition coefficient (Wildman–Crippen LogP) is 3.92. The number of amides is 1. The summed E-state index contributed by atoms with van der Waals surface area (Å²) in [7, 11) is 1.64. The minimum Gasteiger partial charge on any atom is -0.452 e. The first-order valence-electron chi connectivity index (χ1n) is 9.18. The van der Waals surface area contributed by atoms with E-state index in [4.69, 9.17) is 16.3 Å². The average Bonchev–Trinajstić information content (AvgIpc) is 3.22. The molecule has 0 saturated heterocycles. The van der Waals surface area contributed by atoms with Crippen LogP contribution in [-0.2, 0) is 14.3 Å². The van der Waals surface area contributed by atoms with Gasteiger partial charge in [0.25, 0.3) is 5.91 Å². The molecule has 0 fully saturated rings. The van der Waals surface area contributed by atoms with Crippen molar-refractivity contribution in [3.8, 4) is 5.69 Å². The Morgan fingerprint density at radius 2 is 1.97 bits per heavy atom. The molecule has 0 radical (unpaired) electrons. The van der Waals surface area contributed by atoms with Crippen molar-refractivity contribution in [3.63, 3.8) is 0 Å². The van der Waals surface area contributed by atoms with Gasteiger partial charge in [0, 0.05) is 17.8 Å². The van der Waals surface area contributed by atoms with Gasteiger partial charge in [-0.25, -0.2) is 0 Å². The predicted molar refractivity (Wildman–Crippen MR) is 117 cm³/mol. The standard InChI is InChI=1S/C21H21ClN4O3S/c1-14-9-10-17(11-18(14)22)26-13-23-24-21(26)30-12-19(27)29-15(2)20(28)25(3)16-7-5-4-6-8-16/h4-11,13,15H,12H2,1-3H3. The molecule has 9 heteroatoms. The van der Waals surface area contributed by atoms with Gasteiger partial charge in [-0.3, -0.25) is 14.2 Å². The Bertz CT molecular complexity index is 1040. The van der Waals surface area contributed by atoms with Gasteiger partial charge in [-0.05, 0) is 43.7 Å². The number of likely N-dealkylation sites (N-methyl/N-ethyl adjacent to an activating group) is 1. The number of rotatable bonds is 7. The van der Waals surface area contributed by atoms with E-state index in [0.717, 1.165) is 16.9 Å². The van der Waals surface area contributed by atoms with Crippen LogP contribution in [0.3, 0.4) is 0 Å². The van der Waals surface area contributed by atoms with Crippen molar-refractivity contribution in [3.05, 3.63) is 65.4 Å². The largest absolute Gasteiger partial charge is 0.452 e. The smallest absolute Gasteiger partial charge is 0.317 e. The molecular weight excluding hydrogens is 424 g/mol. The third-order valence-electron chi connectivity index (χ3n) is 4.40. The van der Waals surface area contributed by atoms with Crippen LogP contribution in [0.25, 0.3) is 5.69 Å². The van der Waals surface area contributed by atoms with Crippen LogP contribution >= 0.6 is 23.4 Å². The molecule has 1 amide bonds. The molecule has 30 heavy (non-hydrogen) atoms. The van der Waals surface area contributed by atoms with Gasteiger partial charge in [-0.2, -0.15) is 0 Å². The average molecular weight is 445 g/mol. The number of carbonyl (C=O) groups is 2. The van der Waals surface area contributed by atoms with Gasteiger partial charge in [0.15, 0.2) is 11.3 Å². The zero-order valence-corrected chi connectivity index (χ0v) is 18.4. The Balaban J connectivity index is 1.58. The Hall–Kier alpha value is -2.84. The van der Waals surface area contributed by atoms with E-state index in [1.165, 1.54) is 16.7 Å². The first-order chi connectivity index (χ1) is 14.4. The van der Waals surface area contributed by atoms with Crippen LogP contribution in [0.15, 0.2) is 60.0 Å². The lowest BCUT2D eigenvalue weighted by Gasteiger charge is -2.21. The first kappa shape index (κ1) is 21.9. The van der Waals surface area contributed by atoms with Crippen LogP contribution in [0.2, 0.25) is 5.02 Å². The van der Waals surface area contributed by atoms with E-state index < -0.39 is 12.1 Å². The first-order valence-corrected chi connectivity index (χ1v) is 10.5. The molecule has 1 aromatic heterocycles. The summed E-state index contributed by atoms with van der Waals surface area (Å²) >= 11 is 7.37. The van der Waals surface area contributed by atoms with Crippen molar-refractivity contribution in [2.75, 3.05) is 17.7 Å². The molecule has 0 N–H and O–H groups in total. The fraction of sp³-hybridized carbons (Fsp3) is 0.238. The van der Waals surface area contributed by atoms with Gasteiger partial charge >= 0.3 is 5.97 Å². The highest BCUT2D eigenvalue weighted by Crippen LogP contribution is 2.24. The van der Waals surface area contributed by atoms with Gasteiger partial charge in [-0.1, -0.05) is 47.6 Å². The summed E-state index contributed by atoms with van der Waals surface area (Å²) in [4.78, 5) is 26.2. The van der Waals surface area contributed by atoms with E-state index >= 15 is 0 Å². The Morgan fingerprint density at radius 1 is 1.23 bits per heavy atom. The third kappa shape index (κ3) is 5.20. The molecule has 1 heterocycles. The molecule has 3 rings (SSSR count). The van der Waals surface area contributed by atoms with Crippen LogP contribution in [0.5, 0.6) is 0 Å². The third-order valence-corrected chi connectivity index (χ3v) is 5.72. The number of aryl methyl sites for hydroxylation is 1. The maximum absolute atomic E-state index is 12.5. The molecule has 7 nitrogen and oxygen atoms in total. The maximum Gasteiger partial charge on any atom is 0.317 e. The molecule has 0 saturated carbocycles. The van der Waals surface area contributed by atoms with Crippen molar-refractivity contribution < 1.29 is 14.3 Å². The highest BCUT2D eigenvalue weighted by atomic mass is 35.5. The number of carbonyl (C=O) groups excluding carboxylic acids is 2. The fourth-order valence-electron chi connectivity index (χ4n) is 2.69. The molecule has 1 atom stereocenters. The number of hydrogen-bond acceptors (Lipinski definition) is 6. The summed E-state index contributed by atoms with van der Waals surface area (Å²) in [5, 5.41) is 9.11. The van der Waals surface area contributed by atoms with Crippen LogP contribution in [0, 0.1) is 6.92 Å². The second-order valence-corrected chi connectivity index (χ2v) is 7.92. The summed E-state index contributed by atoms with van der Waals surface area (Å²) in [6.45, 7) is 3.47. The second kappa shape index (κ2) is 9.77. The highest BCUT2D eigenvalue weighted by molar-refractivity contribution is 7.99. The molecule has 156 valence electrons. The summed E-state index contributed by atoms with van der Waals surface area (Å²) in [5.41, 5.74) is 2.48. The molecule has 0 spiro atoms. The van der Waals surface area contributed by atoms with Gasteiger partial charge in [0.1, 0.15) is 6.33 Å². The Morgan fingerprint density at radius 3 is 2.67 bits per heavy atom. The van der Waals surface area contributed by atoms with Gasteiger partial charge in [0.2, 0.25) is 0 Å². The van der Waals surface area contributed by atoms with E-state index in [0.29, 0.717) is 10.2 Å². The quantitative estimate of drug-likeness (QED) is 0.406. The van der Waals surface area contributed by atoms with E-state index in [2.05, 4.69) is 10.2 Å². The number of para-hydroxylation sites is 1. The lowest BCUT2D eigenvalue weighted by molar-refractivity contribution is -0.151. The van der Waals surface area contributed by atoms with Gasteiger partial charge < -0.3 is 9.64 Å². The summed E-state index contributed by atoms with van der Waals surface area (Å²) < 4.78 is 7.04. The number of hydrogen-bond donors (Lipinski definition) is 0. The minimum absolute atomic E-state index is 0.00897. The number of benzene rings is 2. The number of esters is 1. The Labute approximate surface area is 184 Å². The second-order valence-electron chi connectivity index (χ2n) is 6.57. The molecular formula is C21H21ClN4O3S. The number of aromatic nitrogens is 3. The fourth-order valence-corrected chi connectivity index (χ4v) is 3.57. The molecule has 0 bridgehead atoms. The lowest BCUT2D eigenvalue weighted by Crippen LogP contribution is -2.37. The van der Waals surface area contributed by atoms with E-state index in [9.17, 15) is 9.59 Å². The van der Waals surface area contributed by atoms with Crippen LogP contribution in [0.1, 0.15) is 12.5 Å². The van der Waals surface area contributed by atoms with Crippen molar-refractivity contribution >= 4 is 40.9 Å². The number of ether oxygens (including phenoxy) is 1. The van der Waals surface area contributed by atoms with Gasteiger partial charge in [-0.15, -0.1) is 10.2 Å². The van der Waals surface area contributed by atoms with E-state index in [1.54, 1.807) is 24.9 Å². The lowest BCUT2D eigenvalue weighted by atomic mass is 10.2. The molecule has 1 unspecified atom stereocenters. The van der Waals surface area contributed by atoms with Crippen molar-refractivity contribution in [1.29, 1.82) is 0 Å². The van der Waals surface area contributed by atoms with Crippen molar-refractivity contribution in [1.82, 2.24) is 14.8 Å². The van der Waals surface area contributed by atoms with Gasteiger partial charge in [0.05, 0.1) is 11.4 Å². The topological polar surface area (TPSA) is 77.3 Å². The highest BCUT2D eigenvalue weighted by Gasteiger charge is 2.23. The zero-order chi connectivity index (χ0) is 21.7. The normalized spacial score (nSPS) is 11.7. The van der Waals surface area contributed by atoms with Crippen molar-refractivity contribution in [2.45, 2.75) is 25.1 Å². The van der Waals surface area contributed by atoms with Crippen LogP contribution in [-0.4, -0.2) is 45.5 Å². The summed E-state index contributed by atoms with van der Waals surface area (Å²) in [6, 6.07) is 14.8. The molecule has 0 aliphatic heterocycles. The SMILES string of the molecule is Cc1ccc(-n2cnnc2SCC(=O)OC(C)C(=O)N(C)c2ccccc2)cc1Cl. The molecule has 0 aliphatic carbocycles. The monoisotopic (exact) mass is 444 g/mol. The van der Waals surface area contributed by atoms with Crippen LogP contribution in [0.4, 0.5) is 5.69 Å². The molecule has 2 aromatic carbocycles. The van der Waals surface area contributed by atoms with Crippen LogP contribution < -0.4 is 4.90 Å². The Kier molecular flexibility index (Phi) is 7.12. The number of thioether (sulfide) groups is 1. The van der Waals surface area contributed by atoms with Crippen molar-refractivity contribution in [2.24, 2.45) is 0 Å². The minimum atomic E-state index is -0.905. The number of halogens is 1. The maximum atomic E-state index is 12.5. The molecule has 0 aliphatic rings. The number of anilines is 1. The summed E-state index contributed by atoms with van der Waals surface area (Å²) in [6.07, 6.45) is 0.646. The summed E-state index contributed by atoms with van der Waals surface area (Å²) in [5.74, 6) is -0.832. The van der Waals surface area contributed by atoms with E-state index in [1.807, 2.05) is 55.5 Å².